The molecule has 2 amide bonds. The predicted octanol–water partition coefficient (Wildman–Crippen LogP) is 4.33. The first-order chi connectivity index (χ1) is 14.1. The topological polar surface area (TPSA) is 84.2 Å². The van der Waals surface area contributed by atoms with E-state index >= 15 is 0 Å². The number of nitrogens with one attached hydrogen (secondary N) is 2. The van der Waals surface area contributed by atoms with E-state index in [1.165, 1.54) is 13.0 Å². The van der Waals surface area contributed by atoms with Crippen molar-refractivity contribution in [3.63, 3.8) is 0 Å². The van der Waals surface area contributed by atoms with Crippen molar-refractivity contribution in [2.24, 2.45) is 5.73 Å². The Morgan fingerprint density at radius 1 is 1.00 bits per heavy atom. The lowest BCUT2D eigenvalue weighted by Crippen LogP contribution is -2.30. The van der Waals surface area contributed by atoms with Gasteiger partial charge in [-0.2, -0.15) is 13.2 Å². The minimum atomic E-state index is -4.66. The Balaban J connectivity index is 4.44. The second-order valence-corrected chi connectivity index (χ2v) is 6.19. The number of carbonyl (C=O) groups is 2. The molecule has 0 spiro atoms. The van der Waals surface area contributed by atoms with Crippen molar-refractivity contribution < 1.29 is 22.8 Å². The van der Waals surface area contributed by atoms with Crippen molar-refractivity contribution in [1.82, 2.24) is 10.6 Å². The van der Waals surface area contributed by atoms with Gasteiger partial charge in [-0.3, -0.25) is 9.59 Å². The summed E-state index contributed by atoms with van der Waals surface area (Å²) < 4.78 is 39.2. The molecule has 0 unspecified atom stereocenters. The van der Waals surface area contributed by atoms with Crippen LogP contribution in [-0.2, 0) is 9.59 Å². The fourth-order valence-electron chi connectivity index (χ4n) is 2.49. The molecule has 0 bridgehead atoms. The van der Waals surface area contributed by atoms with Crippen LogP contribution in [0, 0.1) is 0 Å². The molecule has 0 aromatic carbocycles. The molecule has 0 aliphatic carbocycles. The number of alkyl halides is 3. The van der Waals surface area contributed by atoms with Crippen molar-refractivity contribution >= 4 is 11.8 Å². The third-order valence-electron chi connectivity index (χ3n) is 3.95. The molecule has 0 saturated carbocycles. The highest BCUT2D eigenvalue weighted by molar-refractivity contribution is 5.98. The van der Waals surface area contributed by atoms with E-state index < -0.39 is 23.2 Å². The van der Waals surface area contributed by atoms with Crippen LogP contribution in [0.2, 0.25) is 0 Å². The number of unbranched alkanes of at least 4 members (excludes halogenated alkanes) is 2. The van der Waals surface area contributed by atoms with Gasteiger partial charge in [0, 0.05) is 18.5 Å². The zero-order chi connectivity index (χ0) is 23.2. The molecule has 0 fully saturated rings. The summed E-state index contributed by atoms with van der Waals surface area (Å²) in [5, 5.41) is 5.18. The van der Waals surface area contributed by atoms with E-state index in [9.17, 15) is 22.8 Å². The lowest BCUT2D eigenvalue weighted by atomic mass is 10.0. The number of amides is 2. The van der Waals surface area contributed by atoms with Crippen LogP contribution in [-0.4, -0.2) is 24.5 Å². The molecule has 0 aliphatic rings. The van der Waals surface area contributed by atoms with Gasteiger partial charge in [0.05, 0.1) is 17.0 Å². The molecule has 0 aromatic rings. The van der Waals surface area contributed by atoms with Crippen molar-refractivity contribution in [2.45, 2.75) is 45.7 Å². The molecule has 0 radical (unpaired) electrons. The number of halogens is 3. The van der Waals surface area contributed by atoms with Gasteiger partial charge in [-0.05, 0) is 38.8 Å². The Bertz CT molecular complexity index is 745. The molecule has 5 nitrogen and oxygen atoms in total. The number of hydrogen-bond donors (Lipinski definition) is 3. The van der Waals surface area contributed by atoms with E-state index in [1.54, 1.807) is 19.1 Å². The zero-order valence-electron chi connectivity index (χ0n) is 17.4. The van der Waals surface area contributed by atoms with E-state index in [-0.39, 0.29) is 18.9 Å². The molecule has 30 heavy (non-hydrogen) atoms. The van der Waals surface area contributed by atoms with Gasteiger partial charge in [-0.15, -0.1) is 0 Å². The van der Waals surface area contributed by atoms with Crippen LogP contribution in [0.4, 0.5) is 13.2 Å². The van der Waals surface area contributed by atoms with Crippen LogP contribution in [0.15, 0.2) is 72.2 Å². The predicted molar refractivity (Wildman–Crippen MR) is 114 cm³/mol. The Labute approximate surface area is 176 Å². The van der Waals surface area contributed by atoms with Crippen LogP contribution in [0.1, 0.15) is 39.5 Å². The number of rotatable bonds is 12. The first-order valence-electron chi connectivity index (χ1n) is 9.51. The molecule has 0 rings (SSSR count). The second-order valence-electron chi connectivity index (χ2n) is 6.19. The highest BCUT2D eigenvalue weighted by Crippen LogP contribution is 2.31. The molecule has 166 valence electrons. The van der Waals surface area contributed by atoms with Crippen LogP contribution in [0.3, 0.4) is 0 Å². The molecule has 0 atom stereocenters. The number of nitrogens with two attached hydrogens (primary N) is 1. The maximum Gasteiger partial charge on any atom is 0.417 e. The number of allylic oxidation sites excluding steroid dienone is 6. The highest BCUT2D eigenvalue weighted by atomic mass is 19.4. The molecule has 0 saturated heterocycles. The van der Waals surface area contributed by atoms with Crippen molar-refractivity contribution in [1.29, 1.82) is 0 Å². The normalized spacial score (nSPS) is 13.6. The van der Waals surface area contributed by atoms with Crippen LogP contribution >= 0.6 is 0 Å². The Kier molecular flexibility index (Phi) is 12.6. The van der Waals surface area contributed by atoms with Crippen molar-refractivity contribution in [3.8, 4) is 0 Å². The van der Waals surface area contributed by atoms with Gasteiger partial charge < -0.3 is 16.4 Å². The fraction of sp³-hybridized carbons (Fsp3) is 0.364. The Morgan fingerprint density at radius 3 is 2.13 bits per heavy atom. The molecule has 0 heterocycles. The maximum absolute atomic E-state index is 13.1. The summed E-state index contributed by atoms with van der Waals surface area (Å²) in [6.45, 7) is 10.1. The van der Waals surface area contributed by atoms with E-state index in [0.29, 0.717) is 30.7 Å². The van der Waals surface area contributed by atoms with Gasteiger partial charge in [0.2, 0.25) is 5.91 Å². The minimum Gasteiger partial charge on any atom is -0.397 e. The van der Waals surface area contributed by atoms with Gasteiger partial charge in [0.1, 0.15) is 0 Å². The van der Waals surface area contributed by atoms with Gasteiger partial charge in [-0.25, -0.2) is 0 Å². The van der Waals surface area contributed by atoms with Gasteiger partial charge in [0.15, 0.2) is 0 Å². The first kappa shape index (κ1) is 27.0. The maximum atomic E-state index is 13.1. The third-order valence-corrected chi connectivity index (χ3v) is 3.95. The summed E-state index contributed by atoms with van der Waals surface area (Å²) in [7, 11) is 0. The highest BCUT2D eigenvalue weighted by Gasteiger charge is 2.37. The van der Waals surface area contributed by atoms with E-state index in [2.05, 4.69) is 23.8 Å². The Hall–Kier alpha value is -3.03. The molecule has 0 aliphatic heterocycles. The van der Waals surface area contributed by atoms with Crippen LogP contribution in [0.25, 0.3) is 0 Å². The molecular formula is C22H30F3N3O2. The minimum absolute atomic E-state index is 0.201. The van der Waals surface area contributed by atoms with E-state index in [4.69, 9.17) is 5.73 Å². The second kappa shape index (κ2) is 14.0. The summed E-state index contributed by atoms with van der Waals surface area (Å²) in [4.78, 5) is 24.1. The number of carbonyl (C=O) groups excluding carboxylic acids is 2. The SMILES string of the molecule is C=C/C=C(N)\C(=C/C)NC(=O)CCCCCNC(=O)C(=C/C)/C(=C\C=C)C(F)(F)F. The third kappa shape index (κ3) is 9.95. The fourth-order valence-corrected chi connectivity index (χ4v) is 2.49. The van der Waals surface area contributed by atoms with E-state index in [0.717, 1.165) is 18.2 Å². The number of hydrogen-bond acceptors (Lipinski definition) is 3. The summed E-state index contributed by atoms with van der Waals surface area (Å²) in [5.41, 5.74) is 5.19. The monoisotopic (exact) mass is 425 g/mol. The van der Waals surface area contributed by atoms with E-state index in [1.807, 2.05) is 0 Å². The molecule has 4 N–H and O–H groups in total. The Morgan fingerprint density at radius 2 is 1.63 bits per heavy atom. The van der Waals surface area contributed by atoms with Crippen molar-refractivity contribution in [2.75, 3.05) is 6.54 Å². The van der Waals surface area contributed by atoms with Gasteiger partial charge >= 0.3 is 6.18 Å². The largest absolute Gasteiger partial charge is 0.417 e. The van der Waals surface area contributed by atoms with Gasteiger partial charge in [-0.1, -0.05) is 43.9 Å². The summed E-state index contributed by atoms with van der Waals surface area (Å²) >= 11 is 0. The lowest BCUT2D eigenvalue weighted by molar-refractivity contribution is -0.121. The molecule has 8 heteroatoms. The quantitative estimate of drug-likeness (QED) is 0.247. The summed E-state index contributed by atoms with van der Waals surface area (Å²) in [6, 6.07) is 0. The smallest absolute Gasteiger partial charge is 0.397 e. The first-order valence-corrected chi connectivity index (χ1v) is 9.51. The zero-order valence-corrected chi connectivity index (χ0v) is 17.4. The summed E-state index contributed by atoms with van der Waals surface area (Å²) in [5.74, 6) is -1.00. The average molecular weight is 425 g/mol. The molecule has 0 aromatic heterocycles. The molecular weight excluding hydrogens is 395 g/mol. The average Bonchev–Trinajstić information content (AvgIpc) is 2.68. The summed E-state index contributed by atoms with van der Waals surface area (Å²) in [6.07, 6.45) is 4.96. The van der Waals surface area contributed by atoms with Crippen molar-refractivity contribution in [3.05, 3.63) is 72.2 Å². The lowest BCUT2D eigenvalue weighted by Gasteiger charge is -2.15. The standard InChI is InChI=1S/C22H30F3N3O2/c1-5-12-17(22(23,24)25)16(7-3)21(30)27-15-11-9-10-14-20(29)28-19(8-4)18(26)13-6-2/h5-8,12-13H,1-2,9-11,14-15,26H2,3-4H3,(H,27,30)(H,28,29)/b16-7+,17-12+,18-13+,19-8+. The van der Waals surface area contributed by atoms with Gasteiger partial charge in [0.25, 0.3) is 5.91 Å². The van der Waals surface area contributed by atoms with Crippen LogP contribution < -0.4 is 16.4 Å². The van der Waals surface area contributed by atoms with Crippen LogP contribution in [0.5, 0.6) is 0 Å².